The van der Waals surface area contributed by atoms with Crippen molar-refractivity contribution < 1.29 is 19.0 Å². The average molecular weight is 408 g/mol. The zero-order valence-electron chi connectivity index (χ0n) is 16.3. The van der Waals surface area contributed by atoms with Crippen molar-refractivity contribution in [1.82, 2.24) is 0 Å². The molecule has 3 aromatic rings. The Morgan fingerprint density at radius 2 is 1.76 bits per heavy atom. The molecule has 0 aliphatic rings. The van der Waals surface area contributed by atoms with E-state index in [1.807, 2.05) is 22.9 Å². The van der Waals surface area contributed by atoms with Crippen LogP contribution in [-0.2, 0) is 9.53 Å². The van der Waals surface area contributed by atoms with Crippen LogP contribution in [0.5, 0.6) is 11.5 Å². The topological polar surface area (TPSA) is 80.6 Å². The van der Waals surface area contributed by atoms with Crippen LogP contribution >= 0.6 is 11.3 Å². The van der Waals surface area contributed by atoms with Gasteiger partial charge in [0.15, 0.2) is 17.5 Å². The highest BCUT2D eigenvalue weighted by molar-refractivity contribution is 7.08. The predicted molar refractivity (Wildman–Crippen MR) is 112 cm³/mol. The Balaban J connectivity index is 2.13. The highest BCUT2D eigenvalue weighted by Crippen LogP contribution is 2.40. The minimum atomic E-state index is -0.789. The molecule has 0 spiro atoms. The van der Waals surface area contributed by atoms with E-state index in [0.29, 0.717) is 28.3 Å². The molecule has 1 heterocycles. The number of methoxy groups -OCH3 is 3. The number of ether oxygens (including phenoxy) is 3. The number of hydrogen-bond acceptors (Lipinski definition) is 7. The highest BCUT2D eigenvalue weighted by Gasteiger charge is 2.27. The average Bonchev–Trinajstić information content (AvgIpc) is 3.31. The first-order valence-electron chi connectivity index (χ1n) is 8.74. The molecule has 0 radical (unpaired) electrons. The van der Waals surface area contributed by atoms with Crippen LogP contribution in [0, 0.1) is 11.3 Å². The second kappa shape index (κ2) is 9.13. The van der Waals surface area contributed by atoms with Gasteiger partial charge in [-0.1, -0.05) is 0 Å². The van der Waals surface area contributed by atoms with Gasteiger partial charge in [-0.15, -0.1) is 0 Å². The van der Waals surface area contributed by atoms with E-state index in [1.54, 1.807) is 55.9 Å². The molecule has 29 heavy (non-hydrogen) atoms. The lowest BCUT2D eigenvalue weighted by Gasteiger charge is -2.22. The second-order valence-corrected chi connectivity index (χ2v) is 6.88. The smallest absolute Gasteiger partial charge is 0.333 e. The number of carbonyl (C=O) groups is 1. The molecule has 0 fully saturated rings. The Morgan fingerprint density at radius 1 is 1.07 bits per heavy atom. The Kier molecular flexibility index (Phi) is 6.37. The molecule has 1 aromatic heterocycles. The van der Waals surface area contributed by atoms with E-state index in [0.717, 1.165) is 11.1 Å². The number of thiophene rings is 1. The van der Waals surface area contributed by atoms with Gasteiger partial charge in [-0.2, -0.15) is 16.6 Å². The normalized spacial score (nSPS) is 11.2. The molecule has 1 atom stereocenters. The molecule has 2 aromatic carbocycles. The van der Waals surface area contributed by atoms with Crippen LogP contribution < -0.4 is 14.8 Å². The maximum atomic E-state index is 12.7. The number of benzene rings is 2. The highest BCUT2D eigenvalue weighted by atomic mass is 32.1. The van der Waals surface area contributed by atoms with E-state index in [4.69, 9.17) is 19.5 Å². The summed E-state index contributed by atoms with van der Waals surface area (Å²) in [7, 11) is 4.47. The molecule has 0 bridgehead atoms. The summed E-state index contributed by atoms with van der Waals surface area (Å²) in [4.78, 5) is 12.7. The lowest BCUT2D eigenvalue weighted by molar-refractivity contribution is -0.141. The number of anilines is 1. The zero-order valence-corrected chi connectivity index (χ0v) is 17.1. The Labute approximate surface area is 173 Å². The minimum absolute atomic E-state index is 0.446. The van der Waals surface area contributed by atoms with Gasteiger partial charge in [-0.25, -0.2) is 4.79 Å². The SMILES string of the molecule is COC(=O)C(Nc1ccc(C#N)cc1)c1cc(OC)c(OC)cc1-c1ccsc1. The first-order valence-corrected chi connectivity index (χ1v) is 9.68. The molecule has 3 rings (SSSR count). The zero-order chi connectivity index (χ0) is 20.8. The molecule has 6 nitrogen and oxygen atoms in total. The fourth-order valence-electron chi connectivity index (χ4n) is 2.99. The number of nitrogens with zero attached hydrogens (tertiary/aromatic N) is 1. The van der Waals surface area contributed by atoms with Crippen LogP contribution in [-0.4, -0.2) is 27.3 Å². The van der Waals surface area contributed by atoms with E-state index < -0.39 is 12.0 Å². The van der Waals surface area contributed by atoms with Crippen molar-refractivity contribution in [3.63, 3.8) is 0 Å². The molecule has 148 valence electrons. The summed E-state index contributed by atoms with van der Waals surface area (Å²) in [6.07, 6.45) is 0. The van der Waals surface area contributed by atoms with Crippen LogP contribution in [0.4, 0.5) is 5.69 Å². The third kappa shape index (κ3) is 4.33. The fourth-order valence-corrected chi connectivity index (χ4v) is 3.65. The molecule has 0 aliphatic heterocycles. The number of nitriles is 1. The van der Waals surface area contributed by atoms with Gasteiger partial charge in [-0.05, 0) is 69.9 Å². The molecule has 0 aliphatic carbocycles. The molecular formula is C22H20N2O4S. The molecule has 1 unspecified atom stereocenters. The van der Waals surface area contributed by atoms with Gasteiger partial charge >= 0.3 is 5.97 Å². The summed E-state index contributed by atoms with van der Waals surface area (Å²) in [6, 6.07) is 13.8. The van der Waals surface area contributed by atoms with E-state index in [1.165, 1.54) is 7.11 Å². The van der Waals surface area contributed by atoms with Crippen molar-refractivity contribution in [3.8, 4) is 28.7 Å². The molecule has 0 saturated heterocycles. The summed E-state index contributed by atoms with van der Waals surface area (Å²) in [5.74, 6) is 0.634. The Bertz CT molecular complexity index is 1020. The Hall–Kier alpha value is -3.50. The van der Waals surface area contributed by atoms with Gasteiger partial charge in [0.1, 0.15) is 0 Å². The molecule has 1 N–H and O–H groups in total. The maximum absolute atomic E-state index is 12.7. The maximum Gasteiger partial charge on any atom is 0.333 e. The molecular weight excluding hydrogens is 388 g/mol. The second-order valence-electron chi connectivity index (χ2n) is 6.10. The van der Waals surface area contributed by atoms with E-state index in [-0.39, 0.29) is 0 Å². The van der Waals surface area contributed by atoms with E-state index in [9.17, 15) is 4.79 Å². The van der Waals surface area contributed by atoms with Crippen LogP contribution in [0.15, 0.2) is 53.2 Å². The number of hydrogen-bond donors (Lipinski definition) is 1. The van der Waals surface area contributed by atoms with E-state index in [2.05, 4.69) is 11.4 Å². The summed E-state index contributed by atoms with van der Waals surface area (Å²) in [5.41, 5.74) is 3.71. The first kappa shape index (κ1) is 20.2. The van der Waals surface area contributed by atoms with E-state index >= 15 is 0 Å². The van der Waals surface area contributed by atoms with Gasteiger partial charge < -0.3 is 19.5 Å². The molecule has 7 heteroatoms. The standard InChI is InChI=1S/C22H20N2O4S/c1-26-19-10-17(15-8-9-29-13-15)18(11-20(19)27-2)21(22(25)28-3)24-16-6-4-14(12-23)5-7-16/h4-11,13,21,24H,1-3H3. The molecule has 0 saturated carbocycles. The van der Waals surface area contributed by atoms with Crippen molar-refractivity contribution in [3.05, 3.63) is 64.4 Å². The number of rotatable bonds is 7. The minimum Gasteiger partial charge on any atom is -0.493 e. The van der Waals surface area contributed by atoms with Crippen LogP contribution in [0.2, 0.25) is 0 Å². The largest absolute Gasteiger partial charge is 0.493 e. The van der Waals surface area contributed by atoms with Crippen molar-refractivity contribution in [2.45, 2.75) is 6.04 Å². The van der Waals surface area contributed by atoms with Crippen LogP contribution in [0.3, 0.4) is 0 Å². The number of nitrogens with one attached hydrogen (secondary N) is 1. The van der Waals surface area contributed by atoms with Crippen molar-refractivity contribution in [1.29, 1.82) is 5.26 Å². The summed E-state index contributed by atoms with van der Waals surface area (Å²) < 4.78 is 16.0. The number of carbonyl (C=O) groups excluding carboxylic acids is 1. The van der Waals surface area contributed by atoms with Crippen molar-refractivity contribution in [2.75, 3.05) is 26.6 Å². The third-order valence-corrected chi connectivity index (χ3v) is 5.14. The summed E-state index contributed by atoms with van der Waals surface area (Å²) >= 11 is 1.56. The number of esters is 1. The lowest BCUT2D eigenvalue weighted by Crippen LogP contribution is -2.23. The van der Waals surface area contributed by atoms with Gasteiger partial charge in [0.25, 0.3) is 0 Å². The van der Waals surface area contributed by atoms with Gasteiger partial charge in [0, 0.05) is 5.69 Å². The molecule has 0 amide bonds. The fraction of sp³-hybridized carbons (Fsp3) is 0.182. The quantitative estimate of drug-likeness (QED) is 0.574. The van der Waals surface area contributed by atoms with Gasteiger partial charge in [0.05, 0.1) is 33.0 Å². The first-order chi connectivity index (χ1) is 14.1. The van der Waals surface area contributed by atoms with Crippen molar-refractivity contribution >= 4 is 23.0 Å². The Morgan fingerprint density at radius 3 is 2.31 bits per heavy atom. The predicted octanol–water partition coefficient (Wildman–Crippen LogP) is 4.63. The summed E-state index contributed by atoms with van der Waals surface area (Å²) in [5, 5.41) is 16.2. The monoisotopic (exact) mass is 408 g/mol. The lowest BCUT2D eigenvalue weighted by atomic mass is 9.95. The van der Waals surface area contributed by atoms with Crippen LogP contribution in [0.25, 0.3) is 11.1 Å². The summed E-state index contributed by atoms with van der Waals surface area (Å²) in [6.45, 7) is 0. The third-order valence-electron chi connectivity index (χ3n) is 4.46. The van der Waals surface area contributed by atoms with Gasteiger partial charge in [0.2, 0.25) is 0 Å². The van der Waals surface area contributed by atoms with Gasteiger partial charge in [-0.3, -0.25) is 0 Å². The van der Waals surface area contributed by atoms with Crippen LogP contribution in [0.1, 0.15) is 17.2 Å². The van der Waals surface area contributed by atoms with Crippen molar-refractivity contribution in [2.24, 2.45) is 0 Å².